The number of nitrogens with one attached hydrogen (secondary N) is 2. The molecule has 1 aromatic carbocycles. The molecule has 0 saturated carbocycles. The van der Waals surface area contributed by atoms with Gasteiger partial charge in [-0.2, -0.15) is 0 Å². The van der Waals surface area contributed by atoms with Crippen LogP contribution in [-0.2, 0) is 12.8 Å². The number of aliphatic hydroxyl groups excluding tert-OH is 1. The lowest BCUT2D eigenvalue weighted by Gasteiger charge is -2.08. The van der Waals surface area contributed by atoms with Crippen molar-refractivity contribution in [1.29, 1.82) is 0 Å². The molecule has 1 aromatic heterocycles. The normalized spacial score (nSPS) is 14.6. The predicted octanol–water partition coefficient (Wildman–Crippen LogP) is 3.33. The number of aliphatic hydroxyl groups is 1. The summed E-state index contributed by atoms with van der Waals surface area (Å²) in [5, 5.41) is 15.6. The summed E-state index contributed by atoms with van der Waals surface area (Å²) in [6.07, 6.45) is 2.73. The average Bonchev–Trinajstić information content (AvgIpc) is 3.00. The van der Waals surface area contributed by atoms with E-state index in [-0.39, 0.29) is 6.03 Å². The molecule has 1 atom stereocenters. The highest BCUT2D eigenvalue weighted by Crippen LogP contribution is 2.30. The van der Waals surface area contributed by atoms with Crippen molar-refractivity contribution in [2.75, 3.05) is 10.6 Å². The number of hydrogen-bond donors (Lipinski definition) is 3. The Morgan fingerprint density at radius 3 is 2.71 bits per heavy atom. The highest BCUT2D eigenvalue weighted by Gasteiger charge is 2.17. The molecule has 1 unspecified atom stereocenters. The number of aryl methyl sites for hydroxylation is 2. The summed E-state index contributed by atoms with van der Waals surface area (Å²) in [6.45, 7) is 1.71. The number of rotatable bonds is 3. The van der Waals surface area contributed by atoms with Crippen molar-refractivity contribution in [1.82, 2.24) is 4.98 Å². The predicted molar refractivity (Wildman–Crippen MR) is 83.9 cm³/mol. The van der Waals surface area contributed by atoms with Crippen LogP contribution in [0.5, 0.6) is 0 Å². The van der Waals surface area contributed by atoms with Crippen molar-refractivity contribution in [3.63, 3.8) is 0 Å². The summed E-state index contributed by atoms with van der Waals surface area (Å²) in [7, 11) is 0. The molecule has 0 spiro atoms. The SMILES string of the molecule is CC(O)c1ccc(NC(=O)Nc2nc3c(s2)CCC3)cc1. The van der Waals surface area contributed by atoms with Crippen LogP contribution in [0.2, 0.25) is 0 Å². The molecule has 6 heteroatoms. The number of fused-ring (bicyclic) bond motifs is 1. The maximum absolute atomic E-state index is 11.9. The molecule has 110 valence electrons. The lowest BCUT2D eigenvalue weighted by molar-refractivity contribution is 0.199. The molecule has 0 saturated heterocycles. The molecule has 0 fully saturated rings. The highest BCUT2D eigenvalue weighted by atomic mass is 32.1. The van der Waals surface area contributed by atoms with Gasteiger partial charge in [0.05, 0.1) is 11.8 Å². The number of aromatic nitrogens is 1. The van der Waals surface area contributed by atoms with Crippen LogP contribution < -0.4 is 10.6 Å². The summed E-state index contributed by atoms with van der Waals surface area (Å²) in [5.41, 5.74) is 2.62. The third-order valence-electron chi connectivity index (χ3n) is 3.47. The Labute approximate surface area is 127 Å². The fraction of sp³-hybridized carbons (Fsp3) is 0.333. The maximum atomic E-state index is 11.9. The summed E-state index contributed by atoms with van der Waals surface area (Å²) in [5.74, 6) is 0. The van der Waals surface area contributed by atoms with E-state index >= 15 is 0 Å². The van der Waals surface area contributed by atoms with Crippen molar-refractivity contribution in [3.8, 4) is 0 Å². The minimum Gasteiger partial charge on any atom is -0.389 e. The number of nitrogens with zero attached hydrogens (tertiary/aromatic N) is 1. The van der Waals surface area contributed by atoms with Crippen molar-refractivity contribution in [2.24, 2.45) is 0 Å². The van der Waals surface area contributed by atoms with E-state index in [2.05, 4.69) is 15.6 Å². The molecular weight excluding hydrogens is 286 g/mol. The lowest BCUT2D eigenvalue weighted by atomic mass is 10.1. The average molecular weight is 303 g/mol. The zero-order chi connectivity index (χ0) is 14.8. The number of amides is 2. The van der Waals surface area contributed by atoms with E-state index in [0.717, 1.165) is 30.5 Å². The monoisotopic (exact) mass is 303 g/mol. The second-order valence-electron chi connectivity index (χ2n) is 5.12. The number of carbonyl (C=O) groups is 1. The van der Waals surface area contributed by atoms with Gasteiger partial charge in [0.2, 0.25) is 0 Å². The van der Waals surface area contributed by atoms with Gasteiger partial charge in [0, 0.05) is 10.6 Å². The fourth-order valence-electron chi connectivity index (χ4n) is 2.35. The van der Waals surface area contributed by atoms with Crippen molar-refractivity contribution in [2.45, 2.75) is 32.3 Å². The molecule has 3 N–H and O–H groups in total. The number of carbonyl (C=O) groups excluding carboxylic acids is 1. The number of hydrogen-bond acceptors (Lipinski definition) is 4. The van der Waals surface area contributed by atoms with Gasteiger partial charge in [0.1, 0.15) is 0 Å². The molecular formula is C15H17N3O2S. The third kappa shape index (κ3) is 3.22. The smallest absolute Gasteiger partial charge is 0.325 e. The number of urea groups is 1. The molecule has 1 aliphatic carbocycles. The number of thiazole rings is 1. The Hall–Kier alpha value is -1.92. The molecule has 2 amide bonds. The van der Waals surface area contributed by atoms with E-state index in [4.69, 9.17) is 0 Å². The first-order chi connectivity index (χ1) is 10.1. The van der Waals surface area contributed by atoms with E-state index in [9.17, 15) is 9.90 Å². The van der Waals surface area contributed by atoms with Gasteiger partial charge in [0.25, 0.3) is 0 Å². The van der Waals surface area contributed by atoms with Crippen LogP contribution in [0.1, 0.15) is 35.6 Å². The first kappa shape index (κ1) is 14.0. The Bertz CT molecular complexity index is 628. The maximum Gasteiger partial charge on any atom is 0.325 e. The Morgan fingerprint density at radius 2 is 2.05 bits per heavy atom. The standard InChI is InChI=1S/C15H17N3O2S/c1-9(19)10-5-7-11(8-6-10)16-14(20)18-15-17-12-3-2-4-13(12)21-15/h5-9,19H,2-4H2,1H3,(H2,16,17,18,20). The largest absolute Gasteiger partial charge is 0.389 e. The third-order valence-corrected chi connectivity index (χ3v) is 4.54. The summed E-state index contributed by atoms with van der Waals surface area (Å²) >= 11 is 1.55. The van der Waals surface area contributed by atoms with E-state index in [1.54, 1.807) is 42.5 Å². The second kappa shape index (κ2) is 5.83. The number of anilines is 2. The van der Waals surface area contributed by atoms with Crippen LogP contribution in [-0.4, -0.2) is 16.1 Å². The molecule has 1 heterocycles. The minimum atomic E-state index is -0.509. The van der Waals surface area contributed by atoms with Crippen LogP contribution in [0.4, 0.5) is 15.6 Å². The molecule has 1 aliphatic rings. The Balaban J connectivity index is 1.60. The Morgan fingerprint density at radius 1 is 1.29 bits per heavy atom. The molecule has 0 aliphatic heterocycles. The van der Waals surface area contributed by atoms with Crippen molar-refractivity contribution < 1.29 is 9.90 Å². The van der Waals surface area contributed by atoms with Crippen molar-refractivity contribution in [3.05, 3.63) is 40.4 Å². The van der Waals surface area contributed by atoms with Gasteiger partial charge in [-0.3, -0.25) is 5.32 Å². The fourth-order valence-corrected chi connectivity index (χ4v) is 3.39. The van der Waals surface area contributed by atoms with Crippen LogP contribution in [0.25, 0.3) is 0 Å². The zero-order valence-corrected chi connectivity index (χ0v) is 12.5. The van der Waals surface area contributed by atoms with Crippen LogP contribution >= 0.6 is 11.3 Å². The van der Waals surface area contributed by atoms with Crippen LogP contribution in [0, 0.1) is 0 Å². The van der Waals surface area contributed by atoms with E-state index in [1.165, 1.54) is 4.88 Å². The highest BCUT2D eigenvalue weighted by molar-refractivity contribution is 7.15. The Kier molecular flexibility index (Phi) is 3.90. The van der Waals surface area contributed by atoms with Gasteiger partial charge in [-0.05, 0) is 43.9 Å². The first-order valence-electron chi connectivity index (χ1n) is 6.96. The molecule has 0 radical (unpaired) electrons. The lowest BCUT2D eigenvalue weighted by Crippen LogP contribution is -2.19. The van der Waals surface area contributed by atoms with Gasteiger partial charge >= 0.3 is 6.03 Å². The number of benzene rings is 1. The van der Waals surface area contributed by atoms with Crippen molar-refractivity contribution >= 4 is 28.2 Å². The molecule has 0 bridgehead atoms. The van der Waals surface area contributed by atoms with Gasteiger partial charge < -0.3 is 10.4 Å². The van der Waals surface area contributed by atoms with E-state index < -0.39 is 6.10 Å². The topological polar surface area (TPSA) is 74.2 Å². The zero-order valence-electron chi connectivity index (χ0n) is 11.7. The molecule has 21 heavy (non-hydrogen) atoms. The summed E-state index contributed by atoms with van der Waals surface area (Å²) < 4.78 is 0. The van der Waals surface area contributed by atoms with E-state index in [1.807, 2.05) is 0 Å². The van der Waals surface area contributed by atoms with Gasteiger partial charge in [0.15, 0.2) is 5.13 Å². The van der Waals surface area contributed by atoms with Gasteiger partial charge in [-0.15, -0.1) is 11.3 Å². The summed E-state index contributed by atoms with van der Waals surface area (Å²) in [6, 6.07) is 6.82. The quantitative estimate of drug-likeness (QED) is 0.814. The first-order valence-corrected chi connectivity index (χ1v) is 7.78. The van der Waals surface area contributed by atoms with Crippen LogP contribution in [0.15, 0.2) is 24.3 Å². The van der Waals surface area contributed by atoms with Crippen LogP contribution in [0.3, 0.4) is 0 Å². The van der Waals surface area contributed by atoms with Gasteiger partial charge in [-0.1, -0.05) is 12.1 Å². The second-order valence-corrected chi connectivity index (χ2v) is 6.20. The van der Waals surface area contributed by atoms with Gasteiger partial charge in [-0.25, -0.2) is 9.78 Å². The molecule has 5 nitrogen and oxygen atoms in total. The molecule has 2 aromatic rings. The summed E-state index contributed by atoms with van der Waals surface area (Å²) in [4.78, 5) is 17.6. The minimum absolute atomic E-state index is 0.299. The van der Waals surface area contributed by atoms with E-state index in [0.29, 0.717) is 10.8 Å². The molecule has 3 rings (SSSR count).